The van der Waals surface area contributed by atoms with Gasteiger partial charge in [-0.25, -0.2) is 9.97 Å². The average Bonchev–Trinajstić information content (AvgIpc) is 3.21. The van der Waals surface area contributed by atoms with Gasteiger partial charge in [0, 0.05) is 18.4 Å². The molecule has 3 unspecified atom stereocenters. The first-order valence-electron chi connectivity index (χ1n) is 10.7. The molecule has 8 nitrogen and oxygen atoms in total. The third kappa shape index (κ3) is 3.73. The van der Waals surface area contributed by atoms with Crippen LogP contribution in [0.5, 0.6) is 11.5 Å². The van der Waals surface area contributed by atoms with Crippen molar-refractivity contribution >= 4 is 22.5 Å². The van der Waals surface area contributed by atoms with Gasteiger partial charge in [0.05, 0.1) is 6.10 Å². The molecule has 31 heavy (non-hydrogen) atoms. The van der Waals surface area contributed by atoms with E-state index in [4.69, 9.17) is 10.5 Å². The molecular weight excluding hydrogens is 408 g/mol. The number of hydrogen-bond acceptors (Lipinski definition) is 7. The van der Waals surface area contributed by atoms with Crippen LogP contribution in [-0.2, 0) is 11.2 Å². The molecule has 1 aromatic carbocycles. The van der Waals surface area contributed by atoms with E-state index in [2.05, 4.69) is 38.4 Å². The smallest absolute Gasteiger partial charge is 0.395 e. The highest BCUT2D eigenvalue weighted by atomic mass is 19.3. The maximum Gasteiger partial charge on any atom is 0.586 e. The Hall–Kier alpha value is -2.75. The Morgan fingerprint density at radius 2 is 2.13 bits per heavy atom. The Balaban J connectivity index is 1.41. The number of halogens is 2. The highest BCUT2D eigenvalue weighted by molar-refractivity contribution is 5.97. The number of nitrogen functional groups attached to an aromatic ring is 1. The van der Waals surface area contributed by atoms with Crippen LogP contribution in [0, 0.1) is 11.8 Å². The number of aromatic nitrogens is 4. The van der Waals surface area contributed by atoms with Crippen LogP contribution in [0.4, 0.5) is 14.7 Å². The van der Waals surface area contributed by atoms with Crippen molar-refractivity contribution < 1.29 is 23.0 Å². The Labute approximate surface area is 177 Å². The van der Waals surface area contributed by atoms with Crippen LogP contribution in [0.1, 0.15) is 45.4 Å². The summed E-state index contributed by atoms with van der Waals surface area (Å²) >= 11 is 0. The summed E-state index contributed by atoms with van der Waals surface area (Å²) in [5.41, 5.74) is 6.70. The third-order valence-corrected chi connectivity index (χ3v) is 6.26. The lowest BCUT2D eigenvalue weighted by Gasteiger charge is -2.23. The van der Waals surface area contributed by atoms with Crippen molar-refractivity contribution in [3.63, 3.8) is 0 Å². The Bertz CT molecular complexity index is 1140. The minimum atomic E-state index is -3.73. The number of aryl methyl sites for hydroxylation is 1. The van der Waals surface area contributed by atoms with E-state index in [1.165, 1.54) is 17.0 Å². The maximum absolute atomic E-state index is 13.5. The van der Waals surface area contributed by atoms with Gasteiger partial charge >= 0.3 is 6.29 Å². The number of nitrogens with two attached hydrogens (primary N) is 1. The fraction of sp³-hybridized carbons (Fsp3) is 0.571. The molecule has 2 aromatic heterocycles. The van der Waals surface area contributed by atoms with Crippen molar-refractivity contribution in [2.45, 2.75) is 58.4 Å². The Morgan fingerprint density at radius 1 is 1.29 bits per heavy atom. The number of alkyl halides is 2. The number of nitrogens with zero attached hydrogens (tertiary/aromatic N) is 4. The molecule has 1 fully saturated rings. The molecule has 2 aliphatic heterocycles. The summed E-state index contributed by atoms with van der Waals surface area (Å²) in [7, 11) is 0. The SMILES string of the molecule is CC1CC(C(C)CCc2nc3c4ccc5c(c4nc(N)n3n2)OC(F)(F)O5)CCCO1. The van der Waals surface area contributed by atoms with Gasteiger partial charge < -0.3 is 19.9 Å². The number of hydrogen-bond donors (Lipinski definition) is 1. The highest BCUT2D eigenvalue weighted by Gasteiger charge is 2.45. The first kappa shape index (κ1) is 20.2. The lowest BCUT2D eigenvalue weighted by molar-refractivity contribution is -0.286. The van der Waals surface area contributed by atoms with E-state index in [1.54, 1.807) is 6.07 Å². The number of ether oxygens (including phenoxy) is 3. The summed E-state index contributed by atoms with van der Waals surface area (Å²) in [6.45, 7) is 5.24. The monoisotopic (exact) mass is 433 g/mol. The molecule has 166 valence electrons. The largest absolute Gasteiger partial charge is 0.586 e. The lowest BCUT2D eigenvalue weighted by atomic mass is 9.83. The second-order valence-electron chi connectivity index (χ2n) is 8.53. The summed E-state index contributed by atoms with van der Waals surface area (Å²) in [5.74, 6) is 1.61. The molecule has 1 saturated heterocycles. The van der Waals surface area contributed by atoms with E-state index >= 15 is 0 Å². The second kappa shape index (κ2) is 7.44. The fourth-order valence-corrected chi connectivity index (χ4v) is 4.60. The maximum atomic E-state index is 13.5. The highest BCUT2D eigenvalue weighted by Crippen LogP contribution is 2.45. The van der Waals surface area contributed by atoms with E-state index in [1.807, 2.05) is 0 Å². The van der Waals surface area contributed by atoms with Gasteiger partial charge in [0.25, 0.3) is 0 Å². The van der Waals surface area contributed by atoms with Crippen LogP contribution in [0.15, 0.2) is 12.1 Å². The summed E-state index contributed by atoms with van der Waals surface area (Å²) in [5, 5.41) is 5.03. The standard InChI is InChI=1S/C21H25F2N5O3/c1-11(13-4-3-9-29-12(2)10-13)5-8-16-25-19-14-6-7-15-18(31-21(22,23)30-15)17(14)26-20(24)28(19)27-16/h6-7,11-13H,3-5,8-10H2,1-2H3,(H2,24,26). The van der Waals surface area contributed by atoms with Gasteiger partial charge in [0.1, 0.15) is 5.52 Å². The van der Waals surface area contributed by atoms with E-state index in [0.29, 0.717) is 41.2 Å². The first-order valence-corrected chi connectivity index (χ1v) is 10.7. The van der Waals surface area contributed by atoms with Crippen LogP contribution >= 0.6 is 0 Å². The van der Waals surface area contributed by atoms with Crippen LogP contribution in [0.25, 0.3) is 16.6 Å². The van der Waals surface area contributed by atoms with E-state index < -0.39 is 6.29 Å². The summed E-state index contributed by atoms with van der Waals surface area (Å²) < 4.78 is 43.4. The predicted molar refractivity (Wildman–Crippen MR) is 109 cm³/mol. The average molecular weight is 433 g/mol. The summed E-state index contributed by atoms with van der Waals surface area (Å²) in [4.78, 5) is 8.87. The molecule has 4 heterocycles. The Kier molecular flexibility index (Phi) is 4.84. The van der Waals surface area contributed by atoms with Crippen LogP contribution in [0.3, 0.4) is 0 Å². The van der Waals surface area contributed by atoms with Gasteiger partial charge in [-0.05, 0) is 56.6 Å². The lowest BCUT2D eigenvalue weighted by Crippen LogP contribution is -2.26. The van der Waals surface area contributed by atoms with Gasteiger partial charge in [-0.3, -0.25) is 0 Å². The topological polar surface area (TPSA) is 96.8 Å². The predicted octanol–water partition coefficient (Wildman–Crippen LogP) is 3.96. The molecule has 0 bridgehead atoms. The van der Waals surface area contributed by atoms with Crippen LogP contribution < -0.4 is 15.2 Å². The molecule has 0 spiro atoms. The normalized spacial score (nSPS) is 23.9. The molecule has 3 aromatic rings. The minimum absolute atomic E-state index is 0.0521. The molecule has 2 aliphatic rings. The van der Waals surface area contributed by atoms with Crippen molar-refractivity contribution in [2.24, 2.45) is 11.8 Å². The zero-order valence-electron chi connectivity index (χ0n) is 17.5. The van der Waals surface area contributed by atoms with Crippen molar-refractivity contribution in [2.75, 3.05) is 12.3 Å². The molecular formula is C21H25F2N5O3. The molecule has 0 saturated carbocycles. The number of benzene rings is 1. The quantitative estimate of drug-likeness (QED) is 0.665. The second-order valence-corrected chi connectivity index (χ2v) is 8.53. The fourth-order valence-electron chi connectivity index (χ4n) is 4.60. The molecule has 10 heteroatoms. The zero-order chi connectivity index (χ0) is 21.8. The van der Waals surface area contributed by atoms with Crippen molar-refractivity contribution in [3.05, 3.63) is 18.0 Å². The van der Waals surface area contributed by atoms with Crippen LogP contribution in [0.2, 0.25) is 0 Å². The molecule has 0 radical (unpaired) electrons. The summed E-state index contributed by atoms with van der Waals surface area (Å²) in [6, 6.07) is 3.04. The third-order valence-electron chi connectivity index (χ3n) is 6.26. The molecule has 0 aliphatic carbocycles. The molecule has 2 N–H and O–H groups in total. The van der Waals surface area contributed by atoms with Gasteiger partial charge in [-0.1, -0.05) is 6.92 Å². The van der Waals surface area contributed by atoms with Gasteiger partial charge in [0.15, 0.2) is 23.0 Å². The van der Waals surface area contributed by atoms with Crippen molar-refractivity contribution in [1.29, 1.82) is 0 Å². The zero-order valence-corrected chi connectivity index (χ0v) is 17.5. The first-order chi connectivity index (χ1) is 14.8. The van der Waals surface area contributed by atoms with Gasteiger partial charge in [-0.15, -0.1) is 13.9 Å². The number of anilines is 1. The van der Waals surface area contributed by atoms with Crippen molar-refractivity contribution in [3.8, 4) is 11.5 Å². The van der Waals surface area contributed by atoms with Crippen molar-refractivity contribution in [1.82, 2.24) is 19.6 Å². The van der Waals surface area contributed by atoms with E-state index in [0.717, 1.165) is 25.9 Å². The summed E-state index contributed by atoms with van der Waals surface area (Å²) in [6.07, 6.45) is 1.53. The van der Waals surface area contributed by atoms with E-state index in [9.17, 15) is 8.78 Å². The number of rotatable bonds is 4. The molecule has 0 amide bonds. The Morgan fingerprint density at radius 3 is 2.97 bits per heavy atom. The van der Waals surface area contributed by atoms with Gasteiger partial charge in [0.2, 0.25) is 5.95 Å². The molecule has 3 atom stereocenters. The van der Waals surface area contributed by atoms with E-state index in [-0.39, 0.29) is 23.0 Å². The molecule has 5 rings (SSSR count). The minimum Gasteiger partial charge on any atom is -0.395 e. The van der Waals surface area contributed by atoms with Gasteiger partial charge in [-0.2, -0.15) is 4.52 Å². The van der Waals surface area contributed by atoms with Crippen LogP contribution in [-0.4, -0.2) is 38.6 Å². The number of fused-ring (bicyclic) bond motifs is 5.